The average molecular weight is 573 g/mol. The Balaban J connectivity index is 2.49. The quantitative estimate of drug-likeness (QED) is 0.125. The molecule has 0 aromatic carbocycles. The van der Waals surface area contributed by atoms with Gasteiger partial charge in [-0.3, -0.25) is 0 Å². The van der Waals surface area contributed by atoms with E-state index in [1.54, 1.807) is 0 Å². The number of hydrogen-bond acceptors (Lipinski definition) is 11. The number of ether oxygens (including phenoxy) is 3. The molecule has 2 aliphatic heterocycles. The molecule has 12 heteroatoms. The summed E-state index contributed by atoms with van der Waals surface area (Å²) in [6.45, 7) is 2.69. The minimum absolute atomic E-state index is 0.221. The summed E-state index contributed by atoms with van der Waals surface area (Å²) in [5, 5.41) is 82.2. The molecule has 32 heavy (non-hydrogen) atoms. The Morgan fingerprint density at radius 2 is 1.41 bits per heavy atom. The Labute approximate surface area is 194 Å². The molecule has 9 atom stereocenters. The van der Waals surface area contributed by atoms with Crippen LogP contribution in [0.3, 0.4) is 0 Å². The Kier molecular flexibility index (Phi) is 11.4. The van der Waals surface area contributed by atoms with Crippen LogP contribution in [0.1, 0.15) is 39.5 Å². The van der Waals surface area contributed by atoms with E-state index in [0.717, 1.165) is 34.6 Å². The molecule has 0 radical (unpaired) electrons. The zero-order valence-electron chi connectivity index (χ0n) is 18.6. The Morgan fingerprint density at radius 1 is 0.844 bits per heavy atom. The van der Waals surface area contributed by atoms with E-state index in [0.29, 0.717) is 0 Å². The van der Waals surface area contributed by atoms with Crippen molar-refractivity contribution < 1.29 is 55.1 Å². The molecule has 2 heterocycles. The normalized spacial score (nSPS) is 39.9. The van der Waals surface area contributed by atoms with Gasteiger partial charge in [0.05, 0.1) is 0 Å². The molecule has 2 fully saturated rings. The molecule has 2 rings (SSSR count). The molecule has 2 saturated heterocycles. The van der Waals surface area contributed by atoms with E-state index in [4.69, 9.17) is 14.2 Å². The molecular formula is C20H38O11Sn. The number of aliphatic hydroxyl groups excluding tert-OH is 8. The fourth-order valence-corrected chi connectivity index (χ4v) is 12.7. The van der Waals surface area contributed by atoms with E-state index in [-0.39, 0.29) is 3.70 Å². The third-order valence-corrected chi connectivity index (χ3v) is 14.4. The Hall–Kier alpha value is 0.229. The topological polar surface area (TPSA) is 190 Å². The van der Waals surface area contributed by atoms with Crippen LogP contribution < -0.4 is 0 Å². The first-order valence-corrected chi connectivity index (χ1v) is 16.7. The van der Waals surface area contributed by atoms with Gasteiger partial charge in [-0.05, 0) is 0 Å². The van der Waals surface area contributed by atoms with Crippen molar-refractivity contribution in [3.8, 4) is 0 Å². The molecule has 0 aromatic heterocycles. The van der Waals surface area contributed by atoms with E-state index in [1.165, 1.54) is 0 Å². The zero-order chi connectivity index (χ0) is 24.1. The maximum absolute atomic E-state index is 11.4. The molecule has 0 saturated carbocycles. The van der Waals surface area contributed by atoms with E-state index in [2.05, 4.69) is 0 Å². The second-order valence-corrected chi connectivity index (χ2v) is 16.1. The zero-order valence-corrected chi connectivity index (χ0v) is 21.4. The third kappa shape index (κ3) is 5.89. The van der Waals surface area contributed by atoms with Gasteiger partial charge in [-0.15, -0.1) is 0 Å². The molecule has 2 aliphatic rings. The van der Waals surface area contributed by atoms with Crippen molar-refractivity contribution in [3.63, 3.8) is 0 Å². The summed E-state index contributed by atoms with van der Waals surface area (Å²) in [6, 6.07) is 0. The van der Waals surface area contributed by atoms with Gasteiger partial charge in [0.2, 0.25) is 0 Å². The van der Waals surface area contributed by atoms with Crippen molar-refractivity contribution in [1.29, 1.82) is 0 Å². The van der Waals surface area contributed by atoms with Crippen LogP contribution in [-0.2, 0) is 14.2 Å². The molecule has 0 unspecified atom stereocenters. The van der Waals surface area contributed by atoms with Crippen molar-refractivity contribution in [2.24, 2.45) is 0 Å². The number of hydrogen-bond donors (Lipinski definition) is 8. The molecule has 8 N–H and O–H groups in total. The van der Waals surface area contributed by atoms with Crippen LogP contribution in [0.4, 0.5) is 0 Å². The van der Waals surface area contributed by atoms with Gasteiger partial charge < -0.3 is 0 Å². The summed E-state index contributed by atoms with van der Waals surface area (Å²) < 4.78 is 18.1. The fraction of sp³-hybridized carbons (Fsp3) is 0.950. The molecule has 0 aromatic rings. The van der Waals surface area contributed by atoms with Crippen molar-refractivity contribution >= 4 is 23.0 Å². The molecule has 0 aliphatic carbocycles. The number of unbranched alkanes of at least 4 members (excludes halogenated alkanes) is 2. The van der Waals surface area contributed by atoms with Gasteiger partial charge in [-0.2, -0.15) is 0 Å². The summed E-state index contributed by atoms with van der Waals surface area (Å²) in [4.78, 5) is 0. The number of aliphatic hydroxyl groups is 8. The van der Waals surface area contributed by atoms with Crippen molar-refractivity contribution in [2.45, 2.75) is 103 Å². The number of rotatable bonds is 11. The van der Waals surface area contributed by atoms with Crippen LogP contribution in [0.25, 0.3) is 0 Å². The monoisotopic (exact) mass is 574 g/mol. The summed E-state index contributed by atoms with van der Waals surface area (Å²) in [7, 11) is 0. The molecular weight excluding hydrogens is 535 g/mol. The van der Waals surface area contributed by atoms with E-state index >= 15 is 0 Å². The van der Waals surface area contributed by atoms with Gasteiger partial charge in [-0.1, -0.05) is 0 Å². The molecule has 11 nitrogen and oxygen atoms in total. The van der Waals surface area contributed by atoms with E-state index in [9.17, 15) is 40.9 Å². The van der Waals surface area contributed by atoms with E-state index in [1.807, 2.05) is 13.8 Å². The van der Waals surface area contributed by atoms with E-state index < -0.39 is 87.3 Å². The van der Waals surface area contributed by atoms with Gasteiger partial charge in [0.1, 0.15) is 0 Å². The first kappa shape index (κ1) is 28.5. The van der Waals surface area contributed by atoms with Gasteiger partial charge in [0.15, 0.2) is 0 Å². The predicted octanol–water partition coefficient (Wildman–Crippen LogP) is -2.21. The van der Waals surface area contributed by atoms with Crippen LogP contribution in [0, 0.1) is 0 Å². The van der Waals surface area contributed by atoms with Crippen molar-refractivity contribution in [2.75, 3.05) is 13.2 Å². The SMILES string of the molecule is CCC[CH2][Sn]([CH2]CCC)=[C](O)[C@@]1(O[C@H]2O[C@H](CO)[C@@H](O)[C@H](O)[C@H]2O)O[C@H](CO)[C@@H](O)[C@@H]1O. The van der Waals surface area contributed by atoms with Gasteiger partial charge in [0.25, 0.3) is 0 Å². The summed E-state index contributed by atoms with van der Waals surface area (Å²) >= 11 is -2.86. The minimum atomic E-state index is -2.86. The second-order valence-electron chi connectivity index (χ2n) is 8.42. The van der Waals surface area contributed by atoms with Crippen LogP contribution in [0.15, 0.2) is 0 Å². The standard InChI is InChI=1S/C12H20O11.2C4H9.Sn/c13-1-4-6(16)8(18)9(19)11(21-4)23-12(3-15)10(20)7(17)5(2-14)22-12;2*1-3-4-2;/h4-11,13-20H,1-2H2;2*1,3-4H2,2H3;/t4-,5-,6-,7-,8+,9-,10+,11-,12+;;;/m1.../s1. The van der Waals surface area contributed by atoms with Crippen LogP contribution >= 0.6 is 0 Å². The van der Waals surface area contributed by atoms with Crippen LogP contribution in [0.5, 0.6) is 0 Å². The summed E-state index contributed by atoms with van der Waals surface area (Å²) in [5.74, 6) is -2.28. The first-order chi connectivity index (χ1) is 15.2. The van der Waals surface area contributed by atoms with Gasteiger partial charge >= 0.3 is 194 Å². The van der Waals surface area contributed by atoms with Crippen molar-refractivity contribution in [3.05, 3.63) is 0 Å². The summed E-state index contributed by atoms with van der Waals surface area (Å²) in [6.07, 6.45) is -9.28. The van der Waals surface area contributed by atoms with Gasteiger partial charge in [0, 0.05) is 0 Å². The molecule has 188 valence electrons. The molecule has 0 bridgehead atoms. The maximum atomic E-state index is 11.4. The Bertz CT molecular complexity index is 608. The molecule has 0 amide bonds. The van der Waals surface area contributed by atoms with Crippen LogP contribution in [0.2, 0.25) is 8.87 Å². The van der Waals surface area contributed by atoms with Crippen LogP contribution in [-0.4, -0.2) is 132 Å². The third-order valence-electron chi connectivity index (χ3n) is 6.07. The predicted molar refractivity (Wildman–Crippen MR) is 114 cm³/mol. The second kappa shape index (κ2) is 12.8. The van der Waals surface area contributed by atoms with Gasteiger partial charge in [-0.25, -0.2) is 0 Å². The first-order valence-electron chi connectivity index (χ1n) is 11.2. The molecule has 0 spiro atoms. The Morgan fingerprint density at radius 3 is 1.88 bits per heavy atom. The fourth-order valence-electron chi connectivity index (χ4n) is 4.01. The summed E-state index contributed by atoms with van der Waals surface area (Å²) in [5.41, 5.74) is 0. The van der Waals surface area contributed by atoms with Crippen molar-refractivity contribution in [1.82, 2.24) is 0 Å². The average Bonchev–Trinajstić information content (AvgIpc) is 3.04.